The lowest BCUT2D eigenvalue weighted by molar-refractivity contribution is -0.385. The van der Waals surface area contributed by atoms with Crippen LogP contribution in [0.1, 0.15) is 10.4 Å². The summed E-state index contributed by atoms with van der Waals surface area (Å²) in [6, 6.07) is 6.32. The lowest BCUT2D eigenvalue weighted by Gasteiger charge is -2.08. The van der Waals surface area contributed by atoms with Crippen molar-refractivity contribution in [3.8, 4) is 11.5 Å². The molecule has 0 fully saturated rings. The third kappa shape index (κ3) is 3.26. The number of rotatable bonds is 4. The van der Waals surface area contributed by atoms with E-state index >= 15 is 0 Å². The summed E-state index contributed by atoms with van der Waals surface area (Å²) in [6.45, 7) is 0. The van der Waals surface area contributed by atoms with Crippen LogP contribution in [0.25, 0.3) is 0 Å². The molecule has 21 heavy (non-hydrogen) atoms. The smallest absolute Gasteiger partial charge is 0.335 e. The van der Waals surface area contributed by atoms with Gasteiger partial charge in [0.15, 0.2) is 0 Å². The number of nitro benzene ring substituents is 1. The van der Waals surface area contributed by atoms with E-state index in [4.69, 9.17) is 21.4 Å². The minimum absolute atomic E-state index is 0.0243. The van der Waals surface area contributed by atoms with E-state index in [1.807, 2.05) is 0 Å². The van der Waals surface area contributed by atoms with E-state index < -0.39 is 22.4 Å². The first-order valence-corrected chi connectivity index (χ1v) is 5.91. The molecule has 0 heterocycles. The Balaban J connectivity index is 2.48. The minimum Gasteiger partial charge on any atom is -0.478 e. The van der Waals surface area contributed by atoms with Crippen molar-refractivity contribution in [1.82, 2.24) is 0 Å². The van der Waals surface area contributed by atoms with Gasteiger partial charge < -0.3 is 9.84 Å². The molecule has 0 atom stereocenters. The average molecular weight is 312 g/mol. The van der Waals surface area contributed by atoms with Gasteiger partial charge in [-0.05, 0) is 24.3 Å². The number of benzene rings is 2. The van der Waals surface area contributed by atoms with Crippen molar-refractivity contribution >= 4 is 23.3 Å². The molecule has 108 valence electrons. The van der Waals surface area contributed by atoms with Crippen LogP contribution in [0, 0.1) is 15.9 Å². The molecule has 8 heteroatoms. The molecule has 0 aliphatic carbocycles. The number of carboxylic acids is 1. The van der Waals surface area contributed by atoms with E-state index in [-0.39, 0.29) is 22.1 Å². The monoisotopic (exact) mass is 311 g/mol. The van der Waals surface area contributed by atoms with Gasteiger partial charge in [0.2, 0.25) is 5.75 Å². The second-order valence-electron chi connectivity index (χ2n) is 3.92. The van der Waals surface area contributed by atoms with Gasteiger partial charge in [-0.1, -0.05) is 11.6 Å². The zero-order chi connectivity index (χ0) is 15.6. The fourth-order valence-electron chi connectivity index (χ4n) is 1.56. The number of nitro groups is 1. The number of halogens is 2. The molecule has 0 radical (unpaired) electrons. The van der Waals surface area contributed by atoms with Gasteiger partial charge >= 0.3 is 11.7 Å². The normalized spacial score (nSPS) is 10.2. The number of hydrogen-bond donors (Lipinski definition) is 1. The van der Waals surface area contributed by atoms with Gasteiger partial charge in [0.1, 0.15) is 11.6 Å². The van der Waals surface area contributed by atoms with E-state index in [1.165, 1.54) is 6.07 Å². The minimum atomic E-state index is -1.26. The Morgan fingerprint density at radius 2 is 1.95 bits per heavy atom. The number of carboxylic acid groups (broad SMARTS) is 1. The zero-order valence-corrected chi connectivity index (χ0v) is 11.0. The van der Waals surface area contributed by atoms with Crippen LogP contribution in [0.15, 0.2) is 36.4 Å². The van der Waals surface area contributed by atoms with E-state index in [1.54, 1.807) is 0 Å². The van der Waals surface area contributed by atoms with Crippen molar-refractivity contribution in [3.05, 3.63) is 62.9 Å². The third-order valence-electron chi connectivity index (χ3n) is 2.52. The average Bonchev–Trinajstić information content (AvgIpc) is 2.41. The first kappa shape index (κ1) is 14.7. The largest absolute Gasteiger partial charge is 0.478 e. The molecule has 0 aliphatic heterocycles. The summed E-state index contributed by atoms with van der Waals surface area (Å²) >= 11 is 5.76. The highest BCUT2D eigenvalue weighted by atomic mass is 35.5. The summed E-state index contributed by atoms with van der Waals surface area (Å²) in [4.78, 5) is 21.1. The topological polar surface area (TPSA) is 89.7 Å². The molecule has 0 aromatic heterocycles. The fraction of sp³-hybridized carbons (Fsp3) is 0. The summed E-state index contributed by atoms with van der Waals surface area (Å²) in [5.74, 6) is -2.18. The van der Waals surface area contributed by atoms with Crippen molar-refractivity contribution < 1.29 is 24.0 Å². The Labute approximate surface area is 122 Å². The molecule has 0 bridgehead atoms. The van der Waals surface area contributed by atoms with Gasteiger partial charge in [-0.3, -0.25) is 10.1 Å². The van der Waals surface area contributed by atoms with Crippen LogP contribution in [0.4, 0.5) is 10.1 Å². The quantitative estimate of drug-likeness (QED) is 0.683. The van der Waals surface area contributed by atoms with Gasteiger partial charge in [0.25, 0.3) is 0 Å². The number of aromatic carboxylic acids is 1. The maximum atomic E-state index is 12.9. The van der Waals surface area contributed by atoms with Crippen LogP contribution < -0.4 is 4.74 Å². The molecule has 0 spiro atoms. The molecule has 2 aromatic carbocycles. The summed E-state index contributed by atoms with van der Waals surface area (Å²) in [5, 5.41) is 19.7. The summed E-state index contributed by atoms with van der Waals surface area (Å²) in [5.41, 5.74) is -0.616. The summed E-state index contributed by atoms with van der Waals surface area (Å²) in [7, 11) is 0. The van der Waals surface area contributed by atoms with Gasteiger partial charge in [-0.15, -0.1) is 0 Å². The Bertz CT molecular complexity index is 734. The van der Waals surface area contributed by atoms with Crippen molar-refractivity contribution in [2.45, 2.75) is 0 Å². The Kier molecular flexibility index (Phi) is 4.04. The highest BCUT2D eigenvalue weighted by molar-refractivity contribution is 6.32. The van der Waals surface area contributed by atoms with Crippen LogP contribution in [-0.4, -0.2) is 16.0 Å². The lowest BCUT2D eigenvalue weighted by atomic mass is 10.2. The molecular formula is C13H7ClFNO5. The van der Waals surface area contributed by atoms with E-state index in [2.05, 4.69) is 0 Å². The van der Waals surface area contributed by atoms with Crippen LogP contribution in [0.3, 0.4) is 0 Å². The second-order valence-corrected chi connectivity index (χ2v) is 4.33. The molecule has 0 saturated heterocycles. The van der Waals surface area contributed by atoms with E-state index in [9.17, 15) is 19.3 Å². The maximum Gasteiger partial charge on any atom is 0.335 e. The molecule has 2 rings (SSSR count). The lowest BCUT2D eigenvalue weighted by Crippen LogP contribution is -2.00. The molecular weight excluding hydrogens is 305 g/mol. The van der Waals surface area contributed by atoms with Gasteiger partial charge in [-0.2, -0.15) is 0 Å². The van der Waals surface area contributed by atoms with Gasteiger partial charge in [-0.25, -0.2) is 9.18 Å². The van der Waals surface area contributed by atoms with Crippen molar-refractivity contribution in [2.75, 3.05) is 0 Å². The Morgan fingerprint density at radius 1 is 1.24 bits per heavy atom. The highest BCUT2D eigenvalue weighted by Gasteiger charge is 2.19. The third-order valence-corrected chi connectivity index (χ3v) is 2.81. The first-order chi connectivity index (χ1) is 9.88. The zero-order valence-electron chi connectivity index (χ0n) is 10.2. The predicted octanol–water partition coefficient (Wildman–Crippen LogP) is 3.88. The number of ether oxygens (including phenoxy) is 1. The van der Waals surface area contributed by atoms with Crippen molar-refractivity contribution in [1.29, 1.82) is 0 Å². The van der Waals surface area contributed by atoms with E-state index in [0.29, 0.717) is 0 Å². The highest BCUT2D eigenvalue weighted by Crippen LogP contribution is 2.35. The van der Waals surface area contributed by atoms with Crippen LogP contribution in [0.2, 0.25) is 5.02 Å². The molecule has 0 amide bonds. The van der Waals surface area contributed by atoms with Gasteiger partial charge in [0.05, 0.1) is 15.5 Å². The number of hydrogen-bond acceptors (Lipinski definition) is 4. The fourth-order valence-corrected chi connectivity index (χ4v) is 1.76. The summed E-state index contributed by atoms with van der Waals surface area (Å²) in [6.07, 6.45) is 0. The molecule has 2 aromatic rings. The van der Waals surface area contributed by atoms with Crippen LogP contribution >= 0.6 is 11.6 Å². The number of nitrogens with zero attached hydrogens (tertiary/aromatic N) is 1. The Morgan fingerprint density at radius 3 is 2.52 bits per heavy atom. The summed E-state index contributed by atoms with van der Waals surface area (Å²) < 4.78 is 18.2. The second kappa shape index (κ2) is 5.76. The van der Waals surface area contributed by atoms with Crippen LogP contribution in [-0.2, 0) is 0 Å². The maximum absolute atomic E-state index is 12.9. The molecule has 0 aliphatic rings. The Hall–Kier alpha value is -2.67. The SMILES string of the molecule is O=C(O)c1ccc([N+](=O)[O-])c(Oc2ccc(F)cc2Cl)c1. The molecule has 1 N–H and O–H groups in total. The van der Waals surface area contributed by atoms with Crippen LogP contribution in [0.5, 0.6) is 11.5 Å². The molecule has 6 nitrogen and oxygen atoms in total. The number of carbonyl (C=O) groups is 1. The standard InChI is InChI=1S/C13H7ClFNO5/c14-9-6-8(15)2-4-11(9)21-12-5-7(13(17)18)1-3-10(12)16(19)20/h1-6H,(H,17,18). The molecule has 0 saturated carbocycles. The van der Waals surface area contributed by atoms with Crippen molar-refractivity contribution in [3.63, 3.8) is 0 Å². The van der Waals surface area contributed by atoms with Gasteiger partial charge in [0, 0.05) is 12.1 Å². The van der Waals surface area contributed by atoms with E-state index in [0.717, 1.165) is 30.3 Å². The first-order valence-electron chi connectivity index (χ1n) is 5.53. The molecule has 0 unspecified atom stereocenters. The van der Waals surface area contributed by atoms with Crippen molar-refractivity contribution in [2.24, 2.45) is 0 Å². The predicted molar refractivity (Wildman–Crippen MR) is 71.5 cm³/mol.